The summed E-state index contributed by atoms with van der Waals surface area (Å²) >= 11 is 7.54. The summed E-state index contributed by atoms with van der Waals surface area (Å²) in [5.74, 6) is -1.03. The second kappa shape index (κ2) is 6.41. The van der Waals surface area contributed by atoms with E-state index in [0.29, 0.717) is 16.3 Å². The third kappa shape index (κ3) is 2.87. The molecule has 1 aliphatic heterocycles. The van der Waals surface area contributed by atoms with Gasteiger partial charge in [0, 0.05) is 11.8 Å². The summed E-state index contributed by atoms with van der Waals surface area (Å²) < 4.78 is 12.1. The second-order valence-electron chi connectivity index (χ2n) is 6.16. The van der Waals surface area contributed by atoms with Gasteiger partial charge in [-0.25, -0.2) is 14.3 Å². The van der Waals surface area contributed by atoms with Crippen LogP contribution in [0.1, 0.15) is 28.7 Å². The number of para-hydroxylation sites is 1. The fourth-order valence-corrected chi connectivity index (χ4v) is 4.21. The molecule has 0 spiro atoms. The Morgan fingerprint density at radius 3 is 2.88 bits per heavy atom. The lowest BCUT2D eigenvalue weighted by Crippen LogP contribution is -2.22. The van der Waals surface area contributed by atoms with E-state index in [1.807, 2.05) is 25.1 Å². The predicted molar refractivity (Wildman–Crippen MR) is 98.1 cm³/mol. The molecule has 1 aromatic carbocycles. The van der Waals surface area contributed by atoms with E-state index in [0.717, 1.165) is 21.6 Å². The minimum absolute atomic E-state index is 0.237. The Morgan fingerprint density at radius 2 is 2.19 bits per heavy atom. The van der Waals surface area contributed by atoms with Crippen molar-refractivity contribution >= 4 is 45.1 Å². The van der Waals surface area contributed by atoms with Crippen LogP contribution in [0.4, 0.5) is 0 Å². The van der Waals surface area contributed by atoms with E-state index in [4.69, 9.17) is 21.1 Å². The maximum atomic E-state index is 12.5. The smallest absolute Gasteiger partial charge is 0.349 e. The zero-order valence-corrected chi connectivity index (χ0v) is 15.6. The van der Waals surface area contributed by atoms with Crippen LogP contribution in [0.3, 0.4) is 0 Å². The Morgan fingerprint density at radius 1 is 1.42 bits per heavy atom. The molecule has 0 unspecified atom stereocenters. The molecule has 2 aromatic heterocycles. The summed E-state index contributed by atoms with van der Waals surface area (Å²) in [6.45, 7) is 3.64. The van der Waals surface area contributed by atoms with Gasteiger partial charge < -0.3 is 9.47 Å². The fourth-order valence-electron chi connectivity index (χ4n) is 2.94. The standard InChI is InChI=1S/C18H15ClN2O4S/c1-9-7-14(17(22)24-9)25-18(23)15-8-11-10(2)20-21(16(11)26-15)13-6-4-3-5-12(13)19/h3-6,8-9,14H,7H2,1-2H3/t9-,14-/m1/s1. The van der Waals surface area contributed by atoms with Gasteiger partial charge in [-0.2, -0.15) is 5.10 Å². The molecule has 0 N–H and O–H groups in total. The van der Waals surface area contributed by atoms with Crippen molar-refractivity contribution in [3.05, 3.63) is 45.9 Å². The van der Waals surface area contributed by atoms with E-state index >= 15 is 0 Å². The van der Waals surface area contributed by atoms with Crippen molar-refractivity contribution in [3.63, 3.8) is 0 Å². The average Bonchev–Trinajstić information content (AvgIpc) is 3.24. The van der Waals surface area contributed by atoms with Crippen LogP contribution in [-0.4, -0.2) is 33.9 Å². The third-order valence-electron chi connectivity index (χ3n) is 4.20. The van der Waals surface area contributed by atoms with Gasteiger partial charge in [0.05, 0.1) is 16.4 Å². The monoisotopic (exact) mass is 390 g/mol. The van der Waals surface area contributed by atoms with Crippen molar-refractivity contribution in [2.24, 2.45) is 0 Å². The Labute approximate surface area is 158 Å². The first-order valence-electron chi connectivity index (χ1n) is 8.09. The van der Waals surface area contributed by atoms with Gasteiger partial charge in [0.1, 0.15) is 15.8 Å². The average molecular weight is 391 g/mol. The van der Waals surface area contributed by atoms with E-state index in [1.165, 1.54) is 11.3 Å². The van der Waals surface area contributed by atoms with E-state index in [-0.39, 0.29) is 6.10 Å². The van der Waals surface area contributed by atoms with Crippen molar-refractivity contribution in [2.75, 3.05) is 0 Å². The summed E-state index contributed by atoms with van der Waals surface area (Å²) in [6, 6.07) is 9.11. The SMILES string of the molecule is Cc1nn(-c2ccccc2Cl)c2sc(C(=O)O[C@@H]3C[C@@H](C)OC3=O)cc12. The number of carbonyl (C=O) groups is 2. The number of aryl methyl sites for hydroxylation is 1. The van der Waals surface area contributed by atoms with Crippen LogP contribution in [0.25, 0.3) is 15.9 Å². The summed E-state index contributed by atoms with van der Waals surface area (Å²) in [7, 11) is 0. The molecule has 26 heavy (non-hydrogen) atoms. The fraction of sp³-hybridized carbons (Fsp3) is 0.278. The van der Waals surface area contributed by atoms with Gasteiger partial charge in [-0.15, -0.1) is 11.3 Å². The topological polar surface area (TPSA) is 70.4 Å². The number of cyclic esters (lactones) is 1. The van der Waals surface area contributed by atoms with Gasteiger partial charge >= 0.3 is 11.9 Å². The van der Waals surface area contributed by atoms with Crippen molar-refractivity contribution in [2.45, 2.75) is 32.5 Å². The highest BCUT2D eigenvalue weighted by atomic mass is 35.5. The molecular formula is C18H15ClN2O4S. The van der Waals surface area contributed by atoms with Crippen LogP contribution in [0.5, 0.6) is 0 Å². The van der Waals surface area contributed by atoms with Crippen molar-refractivity contribution in [1.82, 2.24) is 9.78 Å². The Balaban J connectivity index is 1.68. The van der Waals surface area contributed by atoms with Crippen LogP contribution < -0.4 is 0 Å². The van der Waals surface area contributed by atoms with Crippen LogP contribution in [0.15, 0.2) is 30.3 Å². The summed E-state index contributed by atoms with van der Waals surface area (Å²) in [5.41, 5.74) is 1.52. The zero-order valence-electron chi connectivity index (χ0n) is 14.1. The number of fused-ring (bicyclic) bond motifs is 1. The third-order valence-corrected chi connectivity index (χ3v) is 5.61. The largest absolute Gasteiger partial charge is 0.460 e. The lowest BCUT2D eigenvalue weighted by Gasteiger charge is -2.07. The first-order valence-corrected chi connectivity index (χ1v) is 9.29. The molecule has 134 valence electrons. The number of thiophene rings is 1. The number of halogens is 1. The zero-order chi connectivity index (χ0) is 18.4. The normalized spacial score (nSPS) is 19.7. The van der Waals surface area contributed by atoms with Gasteiger partial charge in [0.15, 0.2) is 0 Å². The number of benzene rings is 1. The lowest BCUT2D eigenvalue weighted by atomic mass is 10.2. The highest BCUT2D eigenvalue weighted by Crippen LogP contribution is 2.33. The van der Waals surface area contributed by atoms with Crippen LogP contribution in [0.2, 0.25) is 5.02 Å². The molecule has 6 nitrogen and oxygen atoms in total. The molecule has 8 heteroatoms. The number of carbonyl (C=O) groups excluding carboxylic acids is 2. The molecule has 4 rings (SSSR count). The number of hydrogen-bond donors (Lipinski definition) is 0. The van der Waals surface area contributed by atoms with E-state index < -0.39 is 18.0 Å². The Hall–Kier alpha value is -2.38. The quantitative estimate of drug-likeness (QED) is 0.634. The molecule has 3 aromatic rings. The summed E-state index contributed by atoms with van der Waals surface area (Å²) in [6.07, 6.45) is -0.704. The molecule has 0 bridgehead atoms. The van der Waals surface area contributed by atoms with E-state index in [9.17, 15) is 9.59 Å². The molecule has 0 saturated carbocycles. The van der Waals surface area contributed by atoms with Gasteiger partial charge in [0.2, 0.25) is 6.10 Å². The van der Waals surface area contributed by atoms with Gasteiger partial charge in [-0.1, -0.05) is 23.7 Å². The maximum absolute atomic E-state index is 12.5. The van der Waals surface area contributed by atoms with Gasteiger partial charge in [0.25, 0.3) is 0 Å². The maximum Gasteiger partial charge on any atom is 0.349 e. The predicted octanol–water partition coefficient (Wildman–Crippen LogP) is 3.91. The summed E-state index contributed by atoms with van der Waals surface area (Å²) in [4.78, 5) is 25.4. The molecule has 3 heterocycles. The number of rotatable bonds is 3. The first-order chi connectivity index (χ1) is 12.4. The lowest BCUT2D eigenvalue weighted by molar-refractivity contribution is -0.147. The molecular weight excluding hydrogens is 376 g/mol. The number of esters is 2. The number of ether oxygens (including phenoxy) is 2. The molecule has 2 atom stereocenters. The molecule has 0 amide bonds. The number of nitrogens with zero attached hydrogens (tertiary/aromatic N) is 2. The molecule has 1 saturated heterocycles. The van der Waals surface area contributed by atoms with Crippen molar-refractivity contribution in [3.8, 4) is 5.69 Å². The Kier molecular flexibility index (Phi) is 4.20. The molecule has 0 aliphatic carbocycles. The van der Waals surface area contributed by atoms with Gasteiger partial charge in [-0.3, -0.25) is 0 Å². The van der Waals surface area contributed by atoms with E-state index in [1.54, 1.807) is 23.7 Å². The minimum Gasteiger partial charge on any atom is -0.460 e. The Bertz CT molecular complexity index is 1030. The van der Waals surface area contributed by atoms with Gasteiger partial charge in [-0.05, 0) is 32.0 Å². The molecule has 0 radical (unpaired) electrons. The van der Waals surface area contributed by atoms with Crippen LogP contribution >= 0.6 is 22.9 Å². The molecule has 1 fully saturated rings. The van der Waals surface area contributed by atoms with E-state index in [2.05, 4.69) is 5.10 Å². The van der Waals surface area contributed by atoms with Crippen molar-refractivity contribution in [1.29, 1.82) is 0 Å². The number of hydrogen-bond acceptors (Lipinski definition) is 6. The molecule has 1 aliphatic rings. The van der Waals surface area contributed by atoms with Crippen LogP contribution in [0, 0.1) is 6.92 Å². The minimum atomic E-state index is -0.844. The highest BCUT2D eigenvalue weighted by molar-refractivity contribution is 7.20. The first kappa shape index (κ1) is 17.1. The summed E-state index contributed by atoms with van der Waals surface area (Å²) in [5, 5.41) is 5.94. The van der Waals surface area contributed by atoms with Crippen LogP contribution in [-0.2, 0) is 14.3 Å². The van der Waals surface area contributed by atoms with Crippen molar-refractivity contribution < 1.29 is 19.1 Å². The second-order valence-corrected chi connectivity index (χ2v) is 7.59. The highest BCUT2D eigenvalue weighted by Gasteiger charge is 2.35. The number of aromatic nitrogens is 2.